The highest BCUT2D eigenvalue weighted by Crippen LogP contribution is 2.24. The van der Waals surface area contributed by atoms with Crippen molar-refractivity contribution < 1.29 is 4.39 Å². The Bertz CT molecular complexity index is 468. The minimum Gasteiger partial charge on any atom is -0.396 e. The van der Waals surface area contributed by atoms with E-state index < -0.39 is 0 Å². The van der Waals surface area contributed by atoms with Crippen LogP contribution < -0.4 is 11.5 Å². The van der Waals surface area contributed by atoms with Crippen molar-refractivity contribution >= 4 is 22.3 Å². The van der Waals surface area contributed by atoms with Crippen LogP contribution in [0.15, 0.2) is 24.4 Å². The summed E-state index contributed by atoms with van der Waals surface area (Å²) in [5.74, 6) is -0.329. The van der Waals surface area contributed by atoms with Gasteiger partial charge in [0, 0.05) is 11.5 Å². The Hall–Kier alpha value is -1.84. The SMILES string of the molecule is Nc1cnc2cc(F)ccc2c1N. The molecule has 0 aliphatic rings. The highest BCUT2D eigenvalue weighted by atomic mass is 19.1. The molecular weight excluding hydrogens is 169 g/mol. The van der Waals surface area contributed by atoms with Crippen LogP contribution >= 0.6 is 0 Å². The number of aromatic nitrogens is 1. The maximum atomic E-state index is 12.8. The third-order valence-corrected chi connectivity index (χ3v) is 1.90. The quantitative estimate of drug-likeness (QED) is 0.641. The molecule has 1 aromatic heterocycles. The lowest BCUT2D eigenvalue weighted by Crippen LogP contribution is -1.97. The van der Waals surface area contributed by atoms with Gasteiger partial charge in [-0.3, -0.25) is 4.98 Å². The molecule has 0 spiro atoms. The van der Waals surface area contributed by atoms with Gasteiger partial charge < -0.3 is 11.5 Å². The fraction of sp³-hybridized carbons (Fsp3) is 0. The third-order valence-electron chi connectivity index (χ3n) is 1.90. The van der Waals surface area contributed by atoms with E-state index in [1.54, 1.807) is 6.07 Å². The van der Waals surface area contributed by atoms with Crippen LogP contribution in [0.2, 0.25) is 0 Å². The average Bonchev–Trinajstić information content (AvgIpc) is 2.12. The number of halogens is 1. The van der Waals surface area contributed by atoms with Crippen LogP contribution in [-0.2, 0) is 0 Å². The number of benzene rings is 1. The van der Waals surface area contributed by atoms with Gasteiger partial charge in [-0.25, -0.2) is 4.39 Å². The number of fused-ring (bicyclic) bond motifs is 1. The maximum Gasteiger partial charge on any atom is 0.125 e. The van der Waals surface area contributed by atoms with E-state index in [0.717, 1.165) is 0 Å². The summed E-state index contributed by atoms with van der Waals surface area (Å²) in [6.45, 7) is 0. The van der Waals surface area contributed by atoms with Crippen LogP contribution in [-0.4, -0.2) is 4.98 Å². The lowest BCUT2D eigenvalue weighted by Gasteiger charge is -2.03. The van der Waals surface area contributed by atoms with Crippen molar-refractivity contribution in [2.75, 3.05) is 11.5 Å². The smallest absolute Gasteiger partial charge is 0.125 e. The summed E-state index contributed by atoms with van der Waals surface area (Å²) in [7, 11) is 0. The molecule has 2 aromatic rings. The molecule has 1 heterocycles. The molecule has 66 valence electrons. The van der Waals surface area contributed by atoms with Gasteiger partial charge in [0.15, 0.2) is 0 Å². The second kappa shape index (κ2) is 2.58. The number of anilines is 2. The van der Waals surface area contributed by atoms with E-state index in [0.29, 0.717) is 22.3 Å². The van der Waals surface area contributed by atoms with Crippen molar-refractivity contribution in [3.8, 4) is 0 Å². The van der Waals surface area contributed by atoms with Crippen molar-refractivity contribution in [3.63, 3.8) is 0 Å². The Morgan fingerprint density at radius 1 is 1.23 bits per heavy atom. The molecule has 3 nitrogen and oxygen atoms in total. The van der Waals surface area contributed by atoms with Crippen LogP contribution in [0.25, 0.3) is 10.9 Å². The number of hydrogen-bond donors (Lipinski definition) is 2. The van der Waals surface area contributed by atoms with E-state index in [9.17, 15) is 4.39 Å². The summed E-state index contributed by atoms with van der Waals surface area (Å²) in [6, 6.07) is 4.23. The van der Waals surface area contributed by atoms with Crippen LogP contribution in [0.1, 0.15) is 0 Å². The standard InChI is InChI=1S/C9H8FN3/c10-5-1-2-6-8(3-5)13-4-7(11)9(6)12/h1-4H,11H2,(H2,12,13). The first-order valence-corrected chi connectivity index (χ1v) is 3.77. The van der Waals surface area contributed by atoms with Gasteiger partial charge in [0.2, 0.25) is 0 Å². The van der Waals surface area contributed by atoms with Gasteiger partial charge in [-0.15, -0.1) is 0 Å². The van der Waals surface area contributed by atoms with Crippen molar-refractivity contribution in [2.24, 2.45) is 0 Å². The van der Waals surface area contributed by atoms with Crippen LogP contribution in [0.4, 0.5) is 15.8 Å². The van der Waals surface area contributed by atoms with Gasteiger partial charge >= 0.3 is 0 Å². The second-order valence-corrected chi connectivity index (χ2v) is 2.79. The predicted molar refractivity (Wildman–Crippen MR) is 50.5 cm³/mol. The van der Waals surface area contributed by atoms with E-state index in [1.165, 1.54) is 18.3 Å². The fourth-order valence-electron chi connectivity index (χ4n) is 1.20. The fourth-order valence-corrected chi connectivity index (χ4v) is 1.20. The van der Waals surface area contributed by atoms with Gasteiger partial charge in [0.1, 0.15) is 5.82 Å². The van der Waals surface area contributed by atoms with Gasteiger partial charge in [0.25, 0.3) is 0 Å². The lowest BCUT2D eigenvalue weighted by atomic mass is 10.2. The normalized spacial score (nSPS) is 10.5. The van der Waals surface area contributed by atoms with Crippen molar-refractivity contribution in [2.45, 2.75) is 0 Å². The zero-order valence-corrected chi connectivity index (χ0v) is 6.79. The Morgan fingerprint density at radius 2 is 2.00 bits per heavy atom. The molecule has 0 fully saturated rings. The molecule has 0 bridgehead atoms. The van der Waals surface area contributed by atoms with Gasteiger partial charge in [-0.2, -0.15) is 0 Å². The average molecular weight is 177 g/mol. The lowest BCUT2D eigenvalue weighted by molar-refractivity contribution is 0.629. The topological polar surface area (TPSA) is 64.9 Å². The molecular formula is C9H8FN3. The predicted octanol–water partition coefficient (Wildman–Crippen LogP) is 1.54. The zero-order valence-electron chi connectivity index (χ0n) is 6.79. The molecule has 0 atom stereocenters. The summed E-state index contributed by atoms with van der Waals surface area (Å²) >= 11 is 0. The molecule has 0 saturated carbocycles. The first-order chi connectivity index (χ1) is 6.18. The molecule has 0 amide bonds. The molecule has 0 unspecified atom stereocenters. The van der Waals surface area contributed by atoms with E-state index in [-0.39, 0.29) is 5.82 Å². The second-order valence-electron chi connectivity index (χ2n) is 2.79. The van der Waals surface area contributed by atoms with E-state index in [4.69, 9.17) is 11.5 Å². The number of pyridine rings is 1. The number of nitrogens with two attached hydrogens (primary N) is 2. The number of hydrogen-bond acceptors (Lipinski definition) is 3. The van der Waals surface area contributed by atoms with E-state index in [2.05, 4.69) is 4.98 Å². The molecule has 4 N–H and O–H groups in total. The highest BCUT2D eigenvalue weighted by molar-refractivity contribution is 5.95. The molecule has 2 rings (SSSR count). The van der Waals surface area contributed by atoms with Gasteiger partial charge in [0.05, 0.1) is 23.1 Å². The maximum absolute atomic E-state index is 12.8. The van der Waals surface area contributed by atoms with Crippen LogP contribution in [0.3, 0.4) is 0 Å². The summed E-state index contributed by atoms with van der Waals surface area (Å²) in [5.41, 5.74) is 12.6. The van der Waals surface area contributed by atoms with Crippen LogP contribution in [0.5, 0.6) is 0 Å². The van der Waals surface area contributed by atoms with Crippen molar-refractivity contribution in [1.82, 2.24) is 4.98 Å². The molecule has 13 heavy (non-hydrogen) atoms. The number of nitrogens with zero attached hydrogens (tertiary/aromatic N) is 1. The minimum atomic E-state index is -0.329. The third kappa shape index (κ3) is 1.16. The first-order valence-electron chi connectivity index (χ1n) is 3.77. The molecule has 0 aliphatic heterocycles. The van der Waals surface area contributed by atoms with Crippen LogP contribution in [0, 0.1) is 5.82 Å². The highest BCUT2D eigenvalue weighted by Gasteiger charge is 2.03. The molecule has 1 aromatic carbocycles. The monoisotopic (exact) mass is 177 g/mol. The van der Waals surface area contributed by atoms with E-state index >= 15 is 0 Å². The Kier molecular flexibility index (Phi) is 1.55. The van der Waals surface area contributed by atoms with Gasteiger partial charge in [-0.05, 0) is 12.1 Å². The molecule has 4 heteroatoms. The Balaban J connectivity index is 2.87. The Morgan fingerprint density at radius 3 is 2.77 bits per heavy atom. The van der Waals surface area contributed by atoms with Crippen molar-refractivity contribution in [1.29, 1.82) is 0 Å². The number of rotatable bonds is 0. The molecule has 0 aliphatic carbocycles. The summed E-state index contributed by atoms with van der Waals surface area (Å²) in [5, 5.41) is 0.682. The van der Waals surface area contributed by atoms with E-state index in [1.807, 2.05) is 0 Å². The minimum absolute atomic E-state index is 0.329. The van der Waals surface area contributed by atoms with Crippen molar-refractivity contribution in [3.05, 3.63) is 30.2 Å². The largest absolute Gasteiger partial charge is 0.396 e. The zero-order chi connectivity index (χ0) is 9.42. The number of nitrogen functional groups attached to an aromatic ring is 2. The molecule has 0 radical (unpaired) electrons. The van der Waals surface area contributed by atoms with Gasteiger partial charge in [-0.1, -0.05) is 0 Å². The first kappa shape index (κ1) is 7.79. The summed E-state index contributed by atoms with van der Waals surface area (Å²) in [6.07, 6.45) is 1.43. The summed E-state index contributed by atoms with van der Waals surface area (Å²) in [4.78, 5) is 3.96. The molecule has 0 saturated heterocycles. The summed E-state index contributed by atoms with van der Waals surface area (Å²) < 4.78 is 12.8. The Labute approximate surface area is 74.2 Å².